The Morgan fingerprint density at radius 1 is 1.48 bits per heavy atom. The lowest BCUT2D eigenvalue weighted by Crippen LogP contribution is -2.52. The molecule has 1 aromatic heterocycles. The number of hydrogen-bond acceptors (Lipinski definition) is 4. The Morgan fingerprint density at radius 3 is 2.87 bits per heavy atom. The summed E-state index contributed by atoms with van der Waals surface area (Å²) >= 11 is 0. The number of carbonyl (C=O) groups excluding carboxylic acids is 2. The fourth-order valence-electron chi connectivity index (χ4n) is 3.04. The summed E-state index contributed by atoms with van der Waals surface area (Å²) in [6.45, 7) is 3.44. The standard InChI is InChI=1S/C16H26N4O3/c1-13-9-18-20(10-13)11-15(22)19-8-4-6-16(12-19,23-3)7-5-14(21)17-2/h9-10H,4-8,11-12H2,1-3H3,(H,17,21)/t16-/m0/s1. The molecular formula is C16H26N4O3. The first kappa shape index (κ1) is 17.5. The van der Waals surface area contributed by atoms with Crippen molar-refractivity contribution in [3.63, 3.8) is 0 Å². The third kappa shape index (κ3) is 4.54. The summed E-state index contributed by atoms with van der Waals surface area (Å²) in [6, 6.07) is 0. The zero-order valence-electron chi connectivity index (χ0n) is 14.2. The number of ether oxygens (including phenoxy) is 1. The van der Waals surface area contributed by atoms with Crippen LogP contribution in [0, 0.1) is 6.92 Å². The van der Waals surface area contributed by atoms with Crippen molar-refractivity contribution in [1.82, 2.24) is 20.0 Å². The van der Waals surface area contributed by atoms with Crippen LogP contribution < -0.4 is 5.32 Å². The van der Waals surface area contributed by atoms with Crippen LogP contribution in [0.5, 0.6) is 0 Å². The fourth-order valence-corrected chi connectivity index (χ4v) is 3.04. The van der Waals surface area contributed by atoms with Gasteiger partial charge < -0.3 is 15.0 Å². The number of nitrogens with one attached hydrogen (secondary N) is 1. The van der Waals surface area contributed by atoms with Crippen LogP contribution in [0.4, 0.5) is 0 Å². The molecular weight excluding hydrogens is 296 g/mol. The second-order valence-electron chi connectivity index (χ2n) is 6.19. The molecule has 1 saturated heterocycles. The van der Waals surface area contributed by atoms with E-state index in [1.54, 1.807) is 25.0 Å². The molecule has 2 amide bonds. The van der Waals surface area contributed by atoms with E-state index in [1.807, 2.05) is 18.0 Å². The van der Waals surface area contributed by atoms with E-state index < -0.39 is 5.60 Å². The number of aromatic nitrogens is 2. The van der Waals surface area contributed by atoms with Crippen LogP contribution in [0.2, 0.25) is 0 Å². The lowest BCUT2D eigenvalue weighted by Gasteiger charge is -2.42. The number of likely N-dealkylation sites (tertiary alicyclic amines) is 1. The Hall–Kier alpha value is -1.89. The maximum absolute atomic E-state index is 12.5. The topological polar surface area (TPSA) is 76.5 Å². The molecule has 1 aromatic rings. The first-order valence-electron chi connectivity index (χ1n) is 8.00. The van der Waals surface area contributed by atoms with Crippen LogP contribution >= 0.6 is 0 Å². The minimum absolute atomic E-state index is 0.00288. The molecule has 1 N–H and O–H groups in total. The van der Waals surface area contributed by atoms with Crippen LogP contribution in [0.1, 0.15) is 31.2 Å². The molecule has 0 saturated carbocycles. The van der Waals surface area contributed by atoms with Gasteiger partial charge >= 0.3 is 0 Å². The van der Waals surface area contributed by atoms with Gasteiger partial charge in [-0.2, -0.15) is 5.10 Å². The van der Waals surface area contributed by atoms with E-state index in [4.69, 9.17) is 4.74 Å². The molecule has 7 heteroatoms. The lowest BCUT2D eigenvalue weighted by molar-refractivity contribution is -0.142. The average molecular weight is 322 g/mol. The van der Waals surface area contributed by atoms with E-state index in [9.17, 15) is 9.59 Å². The second kappa shape index (κ2) is 7.59. The number of nitrogens with zero attached hydrogens (tertiary/aromatic N) is 3. The third-order valence-corrected chi connectivity index (χ3v) is 4.47. The number of methoxy groups -OCH3 is 1. The minimum atomic E-state index is -0.430. The molecule has 0 aromatic carbocycles. The van der Waals surface area contributed by atoms with Crippen molar-refractivity contribution in [2.75, 3.05) is 27.2 Å². The summed E-state index contributed by atoms with van der Waals surface area (Å²) in [5.74, 6) is 0.0334. The molecule has 7 nitrogen and oxygen atoms in total. The smallest absolute Gasteiger partial charge is 0.244 e. The fraction of sp³-hybridized carbons (Fsp3) is 0.688. The summed E-state index contributed by atoms with van der Waals surface area (Å²) < 4.78 is 7.37. The SMILES string of the molecule is CNC(=O)CC[C@@]1(OC)CCCN(C(=O)Cn2cc(C)cn2)C1. The third-order valence-electron chi connectivity index (χ3n) is 4.47. The predicted molar refractivity (Wildman–Crippen MR) is 85.8 cm³/mol. The first-order valence-corrected chi connectivity index (χ1v) is 8.00. The molecule has 128 valence electrons. The van der Waals surface area contributed by atoms with Crippen molar-refractivity contribution < 1.29 is 14.3 Å². The highest BCUT2D eigenvalue weighted by atomic mass is 16.5. The minimum Gasteiger partial charge on any atom is -0.376 e. The van der Waals surface area contributed by atoms with Gasteiger partial charge in [-0.25, -0.2) is 0 Å². The van der Waals surface area contributed by atoms with Crippen molar-refractivity contribution in [3.8, 4) is 0 Å². The van der Waals surface area contributed by atoms with Crippen LogP contribution in [-0.2, 0) is 20.9 Å². The Morgan fingerprint density at radius 2 is 2.26 bits per heavy atom. The highest BCUT2D eigenvalue weighted by Gasteiger charge is 2.37. The van der Waals surface area contributed by atoms with Crippen molar-refractivity contribution in [3.05, 3.63) is 18.0 Å². The molecule has 0 aliphatic carbocycles. The van der Waals surface area contributed by atoms with Crippen molar-refractivity contribution in [2.24, 2.45) is 0 Å². The zero-order chi connectivity index (χ0) is 16.9. The van der Waals surface area contributed by atoms with Crippen LogP contribution in [0.3, 0.4) is 0 Å². The van der Waals surface area contributed by atoms with Crippen molar-refractivity contribution >= 4 is 11.8 Å². The van der Waals surface area contributed by atoms with Crippen molar-refractivity contribution in [2.45, 2.75) is 44.8 Å². The first-order chi connectivity index (χ1) is 11.0. The van der Waals surface area contributed by atoms with E-state index in [2.05, 4.69) is 10.4 Å². The van der Waals surface area contributed by atoms with Crippen LogP contribution in [0.15, 0.2) is 12.4 Å². The molecule has 23 heavy (non-hydrogen) atoms. The highest BCUT2D eigenvalue weighted by molar-refractivity contribution is 5.76. The monoisotopic (exact) mass is 322 g/mol. The largest absolute Gasteiger partial charge is 0.376 e. The molecule has 1 atom stereocenters. The Balaban J connectivity index is 1.97. The predicted octanol–water partition coefficient (Wildman–Crippen LogP) is 0.725. The van der Waals surface area contributed by atoms with Gasteiger partial charge in [-0.15, -0.1) is 0 Å². The summed E-state index contributed by atoms with van der Waals surface area (Å²) in [5.41, 5.74) is 0.605. The summed E-state index contributed by atoms with van der Waals surface area (Å²) in [4.78, 5) is 25.8. The molecule has 0 spiro atoms. The number of amides is 2. The van der Waals surface area contributed by atoms with E-state index >= 15 is 0 Å². The molecule has 0 unspecified atom stereocenters. The van der Waals surface area contributed by atoms with Crippen LogP contribution in [-0.4, -0.2) is 59.3 Å². The Bertz CT molecular complexity index is 557. The summed E-state index contributed by atoms with van der Waals surface area (Å²) in [6.07, 6.45) is 6.37. The normalized spacial score (nSPS) is 21.3. The van der Waals surface area contributed by atoms with Gasteiger partial charge in [-0.1, -0.05) is 0 Å². The number of carbonyl (C=O) groups is 2. The molecule has 0 bridgehead atoms. The Kier molecular flexibility index (Phi) is 5.76. The highest BCUT2D eigenvalue weighted by Crippen LogP contribution is 2.29. The van der Waals surface area contributed by atoms with E-state index in [-0.39, 0.29) is 18.4 Å². The molecule has 1 fully saturated rings. The number of aryl methyl sites for hydroxylation is 1. The van der Waals surface area contributed by atoms with Gasteiger partial charge in [0.05, 0.1) is 11.8 Å². The zero-order valence-corrected chi connectivity index (χ0v) is 14.2. The maximum Gasteiger partial charge on any atom is 0.244 e. The second-order valence-corrected chi connectivity index (χ2v) is 6.19. The number of rotatable bonds is 6. The van der Waals surface area contributed by atoms with E-state index in [1.165, 1.54) is 0 Å². The number of hydrogen-bond donors (Lipinski definition) is 1. The molecule has 1 aliphatic heterocycles. The summed E-state index contributed by atoms with van der Waals surface area (Å²) in [5, 5.41) is 6.79. The number of piperidine rings is 1. The molecule has 0 radical (unpaired) electrons. The van der Waals surface area contributed by atoms with Crippen molar-refractivity contribution in [1.29, 1.82) is 0 Å². The Labute approximate surface area is 137 Å². The van der Waals surface area contributed by atoms with Gasteiger partial charge in [0.2, 0.25) is 11.8 Å². The van der Waals surface area contributed by atoms with Gasteiger partial charge in [-0.3, -0.25) is 14.3 Å². The van der Waals surface area contributed by atoms with E-state index in [0.29, 0.717) is 19.4 Å². The van der Waals surface area contributed by atoms with Gasteiger partial charge in [-0.05, 0) is 31.7 Å². The van der Waals surface area contributed by atoms with Gasteiger partial charge in [0.25, 0.3) is 0 Å². The van der Waals surface area contributed by atoms with Gasteiger partial charge in [0, 0.05) is 39.9 Å². The average Bonchev–Trinajstić information content (AvgIpc) is 2.97. The molecule has 1 aliphatic rings. The van der Waals surface area contributed by atoms with E-state index in [0.717, 1.165) is 24.9 Å². The lowest BCUT2D eigenvalue weighted by atomic mass is 9.87. The summed E-state index contributed by atoms with van der Waals surface area (Å²) in [7, 11) is 3.29. The molecule has 2 heterocycles. The van der Waals surface area contributed by atoms with Gasteiger partial charge in [0.1, 0.15) is 6.54 Å². The quantitative estimate of drug-likeness (QED) is 0.837. The molecule has 2 rings (SSSR count). The maximum atomic E-state index is 12.5. The van der Waals surface area contributed by atoms with Crippen LogP contribution in [0.25, 0.3) is 0 Å². The van der Waals surface area contributed by atoms with Gasteiger partial charge in [0.15, 0.2) is 0 Å².